The van der Waals surface area contributed by atoms with Crippen LogP contribution in [0.5, 0.6) is 0 Å². The van der Waals surface area contributed by atoms with Crippen LogP contribution in [0.2, 0.25) is 0 Å². The Labute approximate surface area is 106 Å². The van der Waals surface area contributed by atoms with Crippen LogP contribution in [0.4, 0.5) is 4.39 Å². The SMILES string of the molecule is CCOC(=O)[C@@H]1CNC[C@H]1c1cc(C)ccc1F. The van der Waals surface area contributed by atoms with E-state index in [1.165, 1.54) is 6.07 Å². The average molecular weight is 251 g/mol. The van der Waals surface area contributed by atoms with Crippen molar-refractivity contribution in [1.82, 2.24) is 5.32 Å². The maximum absolute atomic E-state index is 13.9. The highest BCUT2D eigenvalue weighted by Gasteiger charge is 2.36. The molecule has 1 aromatic rings. The highest BCUT2D eigenvalue weighted by Crippen LogP contribution is 2.31. The van der Waals surface area contributed by atoms with Gasteiger partial charge in [0, 0.05) is 19.0 Å². The summed E-state index contributed by atoms with van der Waals surface area (Å²) in [7, 11) is 0. The second-order valence-electron chi connectivity index (χ2n) is 4.65. The number of aryl methyl sites for hydroxylation is 1. The quantitative estimate of drug-likeness (QED) is 0.835. The first-order valence-electron chi connectivity index (χ1n) is 6.27. The average Bonchev–Trinajstić information content (AvgIpc) is 2.81. The van der Waals surface area contributed by atoms with Crippen LogP contribution in [-0.4, -0.2) is 25.7 Å². The molecule has 2 rings (SSSR count). The molecule has 1 heterocycles. The van der Waals surface area contributed by atoms with E-state index in [4.69, 9.17) is 4.74 Å². The third-order valence-corrected chi connectivity index (χ3v) is 3.35. The Balaban J connectivity index is 2.25. The fraction of sp³-hybridized carbons (Fsp3) is 0.500. The smallest absolute Gasteiger partial charge is 0.310 e. The Bertz CT molecular complexity index is 447. The van der Waals surface area contributed by atoms with E-state index in [2.05, 4.69) is 5.32 Å². The summed E-state index contributed by atoms with van der Waals surface area (Å²) < 4.78 is 18.9. The molecular weight excluding hydrogens is 233 g/mol. The highest BCUT2D eigenvalue weighted by molar-refractivity contribution is 5.74. The van der Waals surface area contributed by atoms with Gasteiger partial charge in [-0.2, -0.15) is 0 Å². The summed E-state index contributed by atoms with van der Waals surface area (Å²) in [6.07, 6.45) is 0. The molecule has 1 fully saturated rings. The Hall–Kier alpha value is -1.42. The summed E-state index contributed by atoms with van der Waals surface area (Å²) in [4.78, 5) is 11.8. The topological polar surface area (TPSA) is 38.3 Å². The standard InChI is InChI=1S/C14H18FNO2/c1-3-18-14(17)12-8-16-7-11(12)10-6-9(2)4-5-13(10)15/h4-6,11-12,16H,3,7-8H2,1-2H3/t11-,12+/m0/s1. The summed E-state index contributed by atoms with van der Waals surface area (Å²) in [6, 6.07) is 5.02. The van der Waals surface area contributed by atoms with E-state index in [1.54, 1.807) is 13.0 Å². The van der Waals surface area contributed by atoms with E-state index in [9.17, 15) is 9.18 Å². The molecule has 1 aliphatic rings. The minimum Gasteiger partial charge on any atom is -0.466 e. The van der Waals surface area contributed by atoms with Crippen LogP contribution in [-0.2, 0) is 9.53 Å². The van der Waals surface area contributed by atoms with Crippen LogP contribution < -0.4 is 5.32 Å². The molecule has 0 spiro atoms. The van der Waals surface area contributed by atoms with Crippen LogP contribution in [0.15, 0.2) is 18.2 Å². The van der Waals surface area contributed by atoms with E-state index >= 15 is 0 Å². The maximum Gasteiger partial charge on any atom is 0.310 e. The number of hydrogen-bond acceptors (Lipinski definition) is 3. The fourth-order valence-corrected chi connectivity index (χ4v) is 2.45. The number of nitrogens with one attached hydrogen (secondary N) is 1. The molecule has 0 radical (unpaired) electrons. The number of rotatable bonds is 3. The van der Waals surface area contributed by atoms with Crippen LogP contribution in [0.3, 0.4) is 0 Å². The zero-order chi connectivity index (χ0) is 13.1. The van der Waals surface area contributed by atoms with Gasteiger partial charge in [-0.25, -0.2) is 4.39 Å². The first-order chi connectivity index (χ1) is 8.63. The number of benzene rings is 1. The number of halogens is 1. The number of carbonyl (C=O) groups is 1. The van der Waals surface area contributed by atoms with Crippen LogP contribution >= 0.6 is 0 Å². The van der Waals surface area contributed by atoms with E-state index < -0.39 is 0 Å². The molecular formula is C14H18FNO2. The van der Waals surface area contributed by atoms with Crippen molar-refractivity contribution < 1.29 is 13.9 Å². The number of hydrogen-bond donors (Lipinski definition) is 1. The first-order valence-corrected chi connectivity index (χ1v) is 6.27. The van der Waals surface area contributed by atoms with Crippen molar-refractivity contribution in [3.05, 3.63) is 35.1 Å². The lowest BCUT2D eigenvalue weighted by Gasteiger charge is -2.18. The van der Waals surface area contributed by atoms with E-state index in [0.717, 1.165) is 5.56 Å². The molecule has 2 atom stereocenters. The molecule has 98 valence electrons. The summed E-state index contributed by atoms with van der Waals surface area (Å²) in [5, 5.41) is 3.14. The Morgan fingerprint density at radius 3 is 3.00 bits per heavy atom. The van der Waals surface area contributed by atoms with Crippen LogP contribution in [0, 0.1) is 18.7 Å². The molecule has 1 saturated heterocycles. The summed E-state index contributed by atoms with van der Waals surface area (Å²) in [6.45, 7) is 5.23. The van der Waals surface area contributed by atoms with Crippen molar-refractivity contribution in [2.45, 2.75) is 19.8 Å². The van der Waals surface area contributed by atoms with Gasteiger partial charge in [-0.1, -0.05) is 17.7 Å². The van der Waals surface area contributed by atoms with Gasteiger partial charge in [0.25, 0.3) is 0 Å². The lowest BCUT2D eigenvalue weighted by Crippen LogP contribution is -2.24. The molecule has 1 aliphatic heterocycles. The summed E-state index contributed by atoms with van der Waals surface area (Å²) in [5.41, 5.74) is 1.61. The van der Waals surface area contributed by atoms with Gasteiger partial charge in [0.1, 0.15) is 5.82 Å². The lowest BCUT2D eigenvalue weighted by molar-refractivity contribution is -0.147. The second-order valence-corrected chi connectivity index (χ2v) is 4.65. The molecule has 1 aromatic carbocycles. The Kier molecular flexibility index (Phi) is 3.97. The minimum atomic E-state index is -0.291. The lowest BCUT2D eigenvalue weighted by atomic mass is 9.88. The monoisotopic (exact) mass is 251 g/mol. The zero-order valence-corrected chi connectivity index (χ0v) is 10.7. The van der Waals surface area contributed by atoms with Crippen molar-refractivity contribution in [1.29, 1.82) is 0 Å². The summed E-state index contributed by atoms with van der Waals surface area (Å²) in [5.74, 6) is -0.915. The Morgan fingerprint density at radius 2 is 2.28 bits per heavy atom. The maximum atomic E-state index is 13.9. The van der Waals surface area contributed by atoms with Gasteiger partial charge in [0.15, 0.2) is 0 Å². The van der Waals surface area contributed by atoms with Crippen molar-refractivity contribution >= 4 is 5.97 Å². The molecule has 4 heteroatoms. The largest absolute Gasteiger partial charge is 0.466 e. The van der Waals surface area contributed by atoms with E-state index in [-0.39, 0.29) is 23.6 Å². The van der Waals surface area contributed by atoms with Gasteiger partial charge in [-0.3, -0.25) is 4.79 Å². The Morgan fingerprint density at radius 1 is 1.50 bits per heavy atom. The van der Waals surface area contributed by atoms with Gasteiger partial charge in [0.05, 0.1) is 12.5 Å². The van der Waals surface area contributed by atoms with Crippen LogP contribution in [0.25, 0.3) is 0 Å². The predicted octanol–water partition coefficient (Wildman–Crippen LogP) is 2.00. The molecule has 1 N–H and O–H groups in total. The number of carbonyl (C=O) groups excluding carboxylic acids is 1. The van der Waals surface area contributed by atoms with Gasteiger partial charge >= 0.3 is 5.97 Å². The summed E-state index contributed by atoms with van der Waals surface area (Å²) >= 11 is 0. The zero-order valence-electron chi connectivity index (χ0n) is 10.7. The number of esters is 1. The van der Waals surface area contributed by atoms with Crippen molar-refractivity contribution in [3.8, 4) is 0 Å². The van der Waals surface area contributed by atoms with Crippen molar-refractivity contribution in [3.63, 3.8) is 0 Å². The number of ether oxygens (including phenoxy) is 1. The first kappa shape index (κ1) is 13.0. The van der Waals surface area contributed by atoms with Crippen LogP contribution in [0.1, 0.15) is 24.0 Å². The molecule has 0 amide bonds. The normalized spacial score (nSPS) is 23.1. The highest BCUT2D eigenvalue weighted by atomic mass is 19.1. The third-order valence-electron chi connectivity index (χ3n) is 3.35. The van der Waals surface area contributed by atoms with E-state index in [1.807, 2.05) is 13.0 Å². The van der Waals surface area contributed by atoms with E-state index in [0.29, 0.717) is 25.3 Å². The molecule has 18 heavy (non-hydrogen) atoms. The predicted molar refractivity (Wildman–Crippen MR) is 66.9 cm³/mol. The van der Waals surface area contributed by atoms with Gasteiger partial charge in [-0.15, -0.1) is 0 Å². The minimum absolute atomic E-state index is 0.135. The van der Waals surface area contributed by atoms with Crippen molar-refractivity contribution in [2.75, 3.05) is 19.7 Å². The molecule has 0 saturated carbocycles. The molecule has 0 aliphatic carbocycles. The second kappa shape index (κ2) is 5.48. The molecule has 0 bridgehead atoms. The molecule has 0 unspecified atom stereocenters. The third kappa shape index (κ3) is 2.53. The van der Waals surface area contributed by atoms with Gasteiger partial charge in [0.2, 0.25) is 0 Å². The molecule has 0 aromatic heterocycles. The van der Waals surface area contributed by atoms with Crippen molar-refractivity contribution in [2.24, 2.45) is 5.92 Å². The fourth-order valence-electron chi connectivity index (χ4n) is 2.45. The molecule has 3 nitrogen and oxygen atoms in total. The van der Waals surface area contributed by atoms with Gasteiger partial charge < -0.3 is 10.1 Å². The van der Waals surface area contributed by atoms with Gasteiger partial charge in [-0.05, 0) is 25.5 Å².